The summed E-state index contributed by atoms with van der Waals surface area (Å²) in [6.07, 6.45) is 4.90. The molecule has 0 aliphatic carbocycles. The van der Waals surface area contributed by atoms with Gasteiger partial charge in [-0.05, 0) is 31.5 Å². The maximum Gasteiger partial charge on any atom is 0.0931 e. The first kappa shape index (κ1) is 9.86. The molecule has 2 aromatic heterocycles. The van der Waals surface area contributed by atoms with E-state index in [1.807, 2.05) is 19.2 Å². The molecule has 2 rings (SSSR count). The Bertz CT molecular complexity index is 445. The van der Waals surface area contributed by atoms with Crippen LogP contribution in [0.3, 0.4) is 0 Å². The highest BCUT2D eigenvalue weighted by Gasteiger charge is 2.03. The minimum atomic E-state index is -0.529. The van der Waals surface area contributed by atoms with Gasteiger partial charge in [0.1, 0.15) is 0 Å². The van der Waals surface area contributed by atoms with E-state index in [0.717, 1.165) is 11.3 Å². The molecule has 2 heterocycles. The highest BCUT2D eigenvalue weighted by Crippen LogP contribution is 2.11. The lowest BCUT2D eigenvalue weighted by Crippen LogP contribution is -1.99. The highest BCUT2D eigenvalue weighted by atomic mass is 16.3. The molecule has 0 amide bonds. The Morgan fingerprint density at radius 1 is 1.33 bits per heavy atom. The maximum absolute atomic E-state index is 9.30. The molecule has 4 heteroatoms. The number of aliphatic hydroxyl groups excluding tert-OH is 1. The molecule has 0 unspecified atom stereocenters. The van der Waals surface area contributed by atoms with Crippen molar-refractivity contribution >= 4 is 0 Å². The van der Waals surface area contributed by atoms with E-state index >= 15 is 0 Å². The van der Waals surface area contributed by atoms with Gasteiger partial charge in [0.2, 0.25) is 0 Å². The van der Waals surface area contributed by atoms with Gasteiger partial charge in [0.15, 0.2) is 0 Å². The van der Waals surface area contributed by atoms with Crippen molar-refractivity contribution in [1.82, 2.24) is 14.8 Å². The number of hydrogen-bond acceptors (Lipinski definition) is 3. The van der Waals surface area contributed by atoms with Gasteiger partial charge in [0.05, 0.1) is 29.9 Å². The van der Waals surface area contributed by atoms with E-state index < -0.39 is 6.10 Å². The standard InChI is InChI=1S/C11H13N3O/c1-8-5-13-14(7-8)10-3-4-11(9(2)15)12-6-10/h3-7,9,15H,1-2H3/t9-/m0/s1. The van der Waals surface area contributed by atoms with Crippen molar-refractivity contribution in [3.63, 3.8) is 0 Å². The molecule has 0 saturated heterocycles. The van der Waals surface area contributed by atoms with Crippen LogP contribution in [0.5, 0.6) is 0 Å². The Kier molecular flexibility index (Phi) is 2.51. The molecular formula is C11H13N3O. The molecule has 0 radical (unpaired) electrons. The summed E-state index contributed by atoms with van der Waals surface area (Å²) < 4.78 is 1.76. The van der Waals surface area contributed by atoms with E-state index in [-0.39, 0.29) is 0 Å². The molecule has 1 atom stereocenters. The van der Waals surface area contributed by atoms with Crippen molar-refractivity contribution in [1.29, 1.82) is 0 Å². The van der Waals surface area contributed by atoms with Crippen molar-refractivity contribution in [2.24, 2.45) is 0 Å². The number of aliphatic hydroxyl groups is 1. The summed E-state index contributed by atoms with van der Waals surface area (Å²) in [5.74, 6) is 0. The second-order valence-corrected chi connectivity index (χ2v) is 3.58. The summed E-state index contributed by atoms with van der Waals surface area (Å²) in [6.45, 7) is 3.68. The van der Waals surface area contributed by atoms with Gasteiger partial charge in [-0.15, -0.1) is 0 Å². The number of aromatic nitrogens is 3. The van der Waals surface area contributed by atoms with Gasteiger partial charge in [0, 0.05) is 6.20 Å². The van der Waals surface area contributed by atoms with Crippen LogP contribution in [0.25, 0.3) is 5.69 Å². The Morgan fingerprint density at radius 3 is 2.60 bits per heavy atom. The minimum absolute atomic E-state index is 0.529. The third-order valence-electron chi connectivity index (χ3n) is 2.18. The van der Waals surface area contributed by atoms with E-state index in [0.29, 0.717) is 5.69 Å². The Hall–Kier alpha value is -1.68. The Balaban J connectivity index is 2.31. The van der Waals surface area contributed by atoms with Crippen LogP contribution in [0.15, 0.2) is 30.7 Å². The van der Waals surface area contributed by atoms with E-state index in [1.54, 1.807) is 30.1 Å². The largest absolute Gasteiger partial charge is 0.387 e. The normalized spacial score (nSPS) is 12.7. The summed E-state index contributed by atoms with van der Waals surface area (Å²) in [7, 11) is 0. The molecule has 15 heavy (non-hydrogen) atoms. The van der Waals surface area contributed by atoms with E-state index in [4.69, 9.17) is 0 Å². The van der Waals surface area contributed by atoms with Crippen molar-refractivity contribution < 1.29 is 5.11 Å². The summed E-state index contributed by atoms with van der Waals surface area (Å²) in [5, 5.41) is 13.5. The molecule has 2 aromatic rings. The fraction of sp³-hybridized carbons (Fsp3) is 0.273. The molecule has 0 aliphatic heterocycles. The average molecular weight is 203 g/mol. The molecule has 0 fully saturated rings. The zero-order valence-electron chi connectivity index (χ0n) is 8.75. The van der Waals surface area contributed by atoms with E-state index in [1.165, 1.54) is 0 Å². The predicted molar refractivity (Wildman–Crippen MR) is 56.7 cm³/mol. The Labute approximate surface area is 88.2 Å². The molecule has 0 saturated carbocycles. The van der Waals surface area contributed by atoms with Crippen LogP contribution < -0.4 is 0 Å². The van der Waals surface area contributed by atoms with Crippen LogP contribution in [0.1, 0.15) is 24.3 Å². The lowest BCUT2D eigenvalue weighted by Gasteiger charge is -2.04. The SMILES string of the molecule is Cc1cnn(-c2ccc([C@H](C)O)nc2)c1. The van der Waals surface area contributed by atoms with Crippen molar-refractivity contribution in [2.45, 2.75) is 20.0 Å². The average Bonchev–Trinajstić information content (AvgIpc) is 2.65. The summed E-state index contributed by atoms with van der Waals surface area (Å²) in [6, 6.07) is 3.69. The zero-order valence-corrected chi connectivity index (χ0v) is 8.75. The smallest absolute Gasteiger partial charge is 0.0931 e. The molecule has 0 aliphatic rings. The third kappa shape index (κ3) is 2.05. The summed E-state index contributed by atoms with van der Waals surface area (Å²) in [5.41, 5.74) is 2.67. The molecular weight excluding hydrogens is 190 g/mol. The van der Waals surface area contributed by atoms with Gasteiger partial charge < -0.3 is 5.11 Å². The van der Waals surface area contributed by atoms with E-state index in [9.17, 15) is 5.11 Å². The van der Waals surface area contributed by atoms with Crippen LogP contribution in [-0.2, 0) is 0 Å². The molecule has 4 nitrogen and oxygen atoms in total. The Morgan fingerprint density at radius 2 is 2.13 bits per heavy atom. The maximum atomic E-state index is 9.30. The van der Waals surface area contributed by atoms with Crippen molar-refractivity contribution in [2.75, 3.05) is 0 Å². The van der Waals surface area contributed by atoms with Crippen LogP contribution >= 0.6 is 0 Å². The number of rotatable bonds is 2. The van der Waals surface area contributed by atoms with Gasteiger partial charge in [-0.3, -0.25) is 4.98 Å². The zero-order chi connectivity index (χ0) is 10.8. The van der Waals surface area contributed by atoms with E-state index in [2.05, 4.69) is 10.1 Å². The van der Waals surface area contributed by atoms with Crippen LogP contribution in [-0.4, -0.2) is 19.9 Å². The topological polar surface area (TPSA) is 50.9 Å². The fourth-order valence-corrected chi connectivity index (χ4v) is 1.33. The van der Waals surface area contributed by atoms with Crippen LogP contribution in [0, 0.1) is 6.92 Å². The van der Waals surface area contributed by atoms with Crippen LogP contribution in [0.4, 0.5) is 0 Å². The lowest BCUT2D eigenvalue weighted by atomic mass is 10.2. The number of hydrogen-bond donors (Lipinski definition) is 1. The third-order valence-corrected chi connectivity index (χ3v) is 2.18. The predicted octanol–water partition coefficient (Wildman–Crippen LogP) is 1.63. The van der Waals surface area contributed by atoms with Crippen molar-refractivity contribution in [3.8, 4) is 5.69 Å². The molecule has 78 valence electrons. The summed E-state index contributed by atoms with van der Waals surface area (Å²) >= 11 is 0. The molecule has 0 aromatic carbocycles. The molecule has 1 N–H and O–H groups in total. The van der Waals surface area contributed by atoms with Crippen LogP contribution in [0.2, 0.25) is 0 Å². The summed E-state index contributed by atoms with van der Waals surface area (Å²) in [4.78, 5) is 4.15. The molecule has 0 bridgehead atoms. The number of aryl methyl sites for hydroxylation is 1. The van der Waals surface area contributed by atoms with Crippen molar-refractivity contribution in [3.05, 3.63) is 42.0 Å². The minimum Gasteiger partial charge on any atom is -0.387 e. The first-order chi connectivity index (χ1) is 7.16. The monoisotopic (exact) mass is 203 g/mol. The highest BCUT2D eigenvalue weighted by molar-refractivity contribution is 5.29. The second kappa shape index (κ2) is 3.82. The van der Waals surface area contributed by atoms with Gasteiger partial charge >= 0.3 is 0 Å². The first-order valence-corrected chi connectivity index (χ1v) is 4.82. The lowest BCUT2D eigenvalue weighted by molar-refractivity contribution is 0.194. The quantitative estimate of drug-likeness (QED) is 0.807. The fourth-order valence-electron chi connectivity index (χ4n) is 1.33. The van der Waals surface area contributed by atoms with Gasteiger partial charge in [-0.1, -0.05) is 0 Å². The van der Waals surface area contributed by atoms with Gasteiger partial charge in [0.25, 0.3) is 0 Å². The number of nitrogens with zero attached hydrogens (tertiary/aromatic N) is 3. The number of pyridine rings is 1. The first-order valence-electron chi connectivity index (χ1n) is 4.82. The second-order valence-electron chi connectivity index (χ2n) is 3.58. The molecule has 0 spiro atoms. The van der Waals surface area contributed by atoms with Gasteiger partial charge in [-0.25, -0.2) is 4.68 Å². The van der Waals surface area contributed by atoms with Gasteiger partial charge in [-0.2, -0.15) is 5.10 Å².